The highest BCUT2D eigenvalue weighted by Gasteiger charge is 2.22. The molecule has 0 aliphatic carbocycles. The summed E-state index contributed by atoms with van der Waals surface area (Å²) in [5, 5.41) is 12.0. The van der Waals surface area contributed by atoms with Gasteiger partial charge in [-0.25, -0.2) is 9.18 Å². The first kappa shape index (κ1) is 26.7. The summed E-state index contributed by atoms with van der Waals surface area (Å²) >= 11 is 8.31. The van der Waals surface area contributed by atoms with Crippen LogP contribution in [0, 0.1) is 19.7 Å². The van der Waals surface area contributed by atoms with Crippen LogP contribution in [0.25, 0.3) is 0 Å². The van der Waals surface area contributed by atoms with Crippen molar-refractivity contribution in [1.29, 1.82) is 0 Å². The fourth-order valence-corrected chi connectivity index (χ4v) is 5.02. The molecule has 0 saturated carbocycles. The number of halogens is 2. The summed E-state index contributed by atoms with van der Waals surface area (Å²) in [7, 11) is 0. The van der Waals surface area contributed by atoms with Crippen molar-refractivity contribution in [3.63, 3.8) is 0 Å². The Morgan fingerprint density at radius 1 is 1.34 bits per heavy atom. The molecule has 0 fully saturated rings. The minimum Gasteiger partial charge on any atom is -0.486 e. The number of aromatic nitrogens is 3. The molecule has 2 aromatic heterocycles. The van der Waals surface area contributed by atoms with Crippen molar-refractivity contribution < 1.29 is 23.5 Å². The van der Waals surface area contributed by atoms with E-state index in [0.29, 0.717) is 33.8 Å². The van der Waals surface area contributed by atoms with Crippen LogP contribution >= 0.6 is 34.7 Å². The van der Waals surface area contributed by atoms with Gasteiger partial charge in [0.2, 0.25) is 5.91 Å². The predicted octanol–water partition coefficient (Wildman–Crippen LogP) is 5.42. The van der Waals surface area contributed by atoms with E-state index in [9.17, 15) is 14.0 Å². The number of allylic oxidation sites excluding steroid dienone is 1. The zero-order valence-corrected chi connectivity index (χ0v) is 21.8. The number of nitrogens with zero attached hydrogens (tertiary/aromatic N) is 3. The molecule has 0 unspecified atom stereocenters. The Balaban J connectivity index is 1.66. The van der Waals surface area contributed by atoms with Gasteiger partial charge in [0, 0.05) is 17.5 Å². The molecule has 3 aromatic rings. The van der Waals surface area contributed by atoms with Crippen molar-refractivity contribution in [2.24, 2.45) is 0 Å². The third kappa shape index (κ3) is 6.62. The lowest BCUT2D eigenvalue weighted by molar-refractivity contribution is -0.113. The Kier molecular flexibility index (Phi) is 9.30. The molecular weight excluding hydrogens is 515 g/mol. The number of rotatable bonds is 11. The summed E-state index contributed by atoms with van der Waals surface area (Å²) in [5.41, 5.74) is 1.16. The highest BCUT2D eigenvalue weighted by Crippen LogP contribution is 2.33. The Morgan fingerprint density at radius 2 is 2.11 bits per heavy atom. The molecule has 1 aromatic carbocycles. The minimum atomic E-state index is -0.534. The van der Waals surface area contributed by atoms with E-state index in [-0.39, 0.29) is 29.9 Å². The van der Waals surface area contributed by atoms with Crippen LogP contribution < -0.4 is 10.1 Å². The number of thioether (sulfide) groups is 1. The molecule has 0 bridgehead atoms. The molecule has 0 radical (unpaired) electrons. The second kappa shape index (κ2) is 12.2. The van der Waals surface area contributed by atoms with Gasteiger partial charge in [0.25, 0.3) is 0 Å². The van der Waals surface area contributed by atoms with Crippen LogP contribution in [0.3, 0.4) is 0 Å². The summed E-state index contributed by atoms with van der Waals surface area (Å²) in [6.07, 6.45) is 1.68. The molecule has 0 spiro atoms. The van der Waals surface area contributed by atoms with Gasteiger partial charge in [-0.1, -0.05) is 29.4 Å². The molecule has 1 amide bonds. The number of amides is 1. The van der Waals surface area contributed by atoms with Gasteiger partial charge in [-0.05, 0) is 38.5 Å². The fraction of sp³-hybridized carbons (Fsp3) is 0.304. The zero-order valence-electron chi connectivity index (χ0n) is 19.4. The summed E-state index contributed by atoms with van der Waals surface area (Å²) < 4.78 is 25.9. The first-order chi connectivity index (χ1) is 16.7. The molecule has 0 aliphatic heterocycles. The maximum atomic E-state index is 13.4. The van der Waals surface area contributed by atoms with Gasteiger partial charge in [-0.3, -0.25) is 9.36 Å². The van der Waals surface area contributed by atoms with Gasteiger partial charge in [0.15, 0.2) is 11.0 Å². The van der Waals surface area contributed by atoms with E-state index in [0.717, 1.165) is 10.4 Å². The van der Waals surface area contributed by atoms with Crippen molar-refractivity contribution in [1.82, 2.24) is 14.8 Å². The van der Waals surface area contributed by atoms with Crippen LogP contribution in [0.2, 0.25) is 5.02 Å². The van der Waals surface area contributed by atoms with E-state index in [2.05, 4.69) is 22.1 Å². The van der Waals surface area contributed by atoms with Gasteiger partial charge in [0.1, 0.15) is 23.2 Å². The molecule has 35 heavy (non-hydrogen) atoms. The lowest BCUT2D eigenvalue weighted by Gasteiger charge is -2.10. The number of esters is 1. The van der Waals surface area contributed by atoms with Crippen molar-refractivity contribution in [3.05, 3.63) is 63.5 Å². The number of thiophene rings is 1. The first-order valence-corrected chi connectivity index (χ1v) is 12.7. The number of ether oxygens (including phenoxy) is 2. The van der Waals surface area contributed by atoms with Crippen molar-refractivity contribution in [3.8, 4) is 5.75 Å². The van der Waals surface area contributed by atoms with Crippen LogP contribution in [0.5, 0.6) is 5.75 Å². The second-order valence-corrected chi connectivity index (χ2v) is 9.78. The molecule has 2 heterocycles. The zero-order chi connectivity index (χ0) is 25.5. The lowest BCUT2D eigenvalue weighted by atomic mass is 10.1. The highest BCUT2D eigenvalue weighted by atomic mass is 35.5. The third-order valence-electron chi connectivity index (χ3n) is 4.81. The van der Waals surface area contributed by atoms with Gasteiger partial charge in [0.05, 0.1) is 22.9 Å². The maximum Gasteiger partial charge on any atom is 0.341 e. The molecule has 186 valence electrons. The lowest BCUT2D eigenvalue weighted by Crippen LogP contribution is -2.17. The number of hydrogen-bond acceptors (Lipinski definition) is 8. The largest absolute Gasteiger partial charge is 0.486 e. The predicted molar refractivity (Wildman–Crippen MR) is 135 cm³/mol. The molecule has 0 aliphatic rings. The van der Waals surface area contributed by atoms with Gasteiger partial charge in [-0.15, -0.1) is 28.1 Å². The number of carbonyl (C=O) groups is 2. The van der Waals surface area contributed by atoms with Crippen molar-refractivity contribution >= 4 is 51.6 Å². The molecule has 3 rings (SSSR count). The topological polar surface area (TPSA) is 95.3 Å². The average Bonchev–Trinajstić information content (AvgIpc) is 3.33. The molecule has 0 atom stereocenters. The maximum absolute atomic E-state index is 13.4. The molecule has 0 saturated heterocycles. The SMILES string of the molecule is C=CCn1c(COc2ccc(F)c(Cl)c2)nnc1SCC(=O)Nc1sc(C)c(C)c1C(=O)OCC. The van der Waals surface area contributed by atoms with E-state index in [1.54, 1.807) is 17.6 Å². The van der Waals surface area contributed by atoms with Crippen LogP contribution in [-0.2, 0) is 22.7 Å². The number of hydrogen-bond donors (Lipinski definition) is 1. The van der Waals surface area contributed by atoms with Gasteiger partial charge in [-0.2, -0.15) is 0 Å². The Hall–Kier alpha value is -2.89. The van der Waals surface area contributed by atoms with Gasteiger partial charge < -0.3 is 14.8 Å². The number of carbonyl (C=O) groups excluding carboxylic acids is 2. The van der Waals surface area contributed by atoms with E-state index in [1.165, 1.54) is 41.3 Å². The summed E-state index contributed by atoms with van der Waals surface area (Å²) in [5.74, 6) is -0.363. The molecule has 8 nitrogen and oxygen atoms in total. The third-order valence-corrected chi connectivity index (χ3v) is 7.19. The van der Waals surface area contributed by atoms with E-state index in [1.807, 2.05) is 13.8 Å². The number of anilines is 1. The summed E-state index contributed by atoms with van der Waals surface area (Å²) in [6, 6.07) is 4.06. The molecular formula is C23H24ClFN4O4S2. The monoisotopic (exact) mass is 538 g/mol. The summed E-state index contributed by atoms with van der Waals surface area (Å²) in [6.45, 7) is 9.90. The van der Waals surface area contributed by atoms with E-state index >= 15 is 0 Å². The van der Waals surface area contributed by atoms with Gasteiger partial charge >= 0.3 is 5.97 Å². The van der Waals surface area contributed by atoms with Crippen molar-refractivity contribution in [2.75, 3.05) is 17.7 Å². The number of nitrogens with one attached hydrogen (secondary N) is 1. The molecule has 1 N–H and O–H groups in total. The Morgan fingerprint density at radius 3 is 2.80 bits per heavy atom. The normalized spacial score (nSPS) is 10.8. The van der Waals surface area contributed by atoms with E-state index in [4.69, 9.17) is 21.1 Å². The van der Waals surface area contributed by atoms with Crippen LogP contribution in [0.15, 0.2) is 36.0 Å². The quantitative estimate of drug-likeness (QED) is 0.198. The number of benzene rings is 1. The fourth-order valence-electron chi connectivity index (χ4n) is 3.02. The smallest absolute Gasteiger partial charge is 0.341 e. The van der Waals surface area contributed by atoms with Crippen LogP contribution in [0.1, 0.15) is 33.5 Å². The Bertz CT molecular complexity index is 1240. The first-order valence-electron chi connectivity index (χ1n) is 10.6. The molecule has 12 heteroatoms. The second-order valence-electron chi connectivity index (χ2n) is 7.21. The Labute approximate surface area is 215 Å². The van der Waals surface area contributed by atoms with Crippen molar-refractivity contribution in [2.45, 2.75) is 39.1 Å². The average molecular weight is 539 g/mol. The van der Waals surface area contributed by atoms with Crippen LogP contribution in [-0.4, -0.2) is 39.0 Å². The summed E-state index contributed by atoms with van der Waals surface area (Å²) in [4.78, 5) is 25.9. The minimum absolute atomic E-state index is 0.0421. The number of aryl methyl sites for hydroxylation is 1. The standard InChI is InChI=1S/C23H24ClFN4O4S2/c1-5-9-29-18(11-33-15-7-8-17(25)16(24)10-15)27-28-23(29)34-12-19(30)26-21-20(22(31)32-6-2)13(3)14(4)35-21/h5,7-8,10H,1,6,9,11-12H2,2-4H3,(H,26,30). The van der Waals surface area contributed by atoms with Crippen LogP contribution in [0.4, 0.5) is 9.39 Å². The highest BCUT2D eigenvalue weighted by molar-refractivity contribution is 7.99. The van der Waals surface area contributed by atoms with E-state index < -0.39 is 11.8 Å².